The van der Waals surface area contributed by atoms with Gasteiger partial charge in [0.1, 0.15) is 0 Å². The summed E-state index contributed by atoms with van der Waals surface area (Å²) in [5, 5.41) is 11.8. The molecule has 1 aromatic rings. The van der Waals surface area contributed by atoms with E-state index in [1.165, 1.54) is 0 Å². The van der Waals surface area contributed by atoms with Gasteiger partial charge < -0.3 is 19.9 Å². The fraction of sp³-hybridized carbons (Fsp3) is 0.500. The molecule has 1 amide bonds. The van der Waals surface area contributed by atoms with Gasteiger partial charge in [-0.15, -0.1) is 0 Å². The number of ether oxygens (including phenoxy) is 2. The molecule has 3 atom stereocenters. The topological polar surface area (TPSA) is 67.8 Å². The molecule has 0 aromatic heterocycles. The number of aliphatic hydroxyl groups excluding tert-OH is 1. The van der Waals surface area contributed by atoms with Crippen LogP contribution in [0.25, 0.3) is 0 Å². The van der Waals surface area contributed by atoms with E-state index in [4.69, 9.17) is 9.47 Å². The molecule has 0 aliphatic carbocycles. The fourth-order valence-electron chi connectivity index (χ4n) is 2.95. The standard InChI is InChI=1S/C18H24BrNO4/c1-3-23-18-14(5-4-10-21)15(11-16(24-18)17(22)20-2)12-6-8-13(19)9-7-12/h6-9,11,14-15,18,21H,3-5,10H2,1-2H3,(H,20,22)/t14-,15-,18-/m0/s1. The predicted octanol–water partition coefficient (Wildman–Crippen LogP) is 2.94. The van der Waals surface area contributed by atoms with E-state index in [-0.39, 0.29) is 30.1 Å². The highest BCUT2D eigenvalue weighted by Gasteiger charge is 2.37. The van der Waals surface area contributed by atoms with Gasteiger partial charge in [-0.25, -0.2) is 0 Å². The lowest BCUT2D eigenvalue weighted by Gasteiger charge is -2.37. The third-order valence-electron chi connectivity index (χ3n) is 4.12. The largest absolute Gasteiger partial charge is 0.459 e. The van der Waals surface area contributed by atoms with Gasteiger partial charge in [0.2, 0.25) is 6.29 Å². The number of amides is 1. The Kier molecular flexibility index (Phi) is 7.27. The maximum absolute atomic E-state index is 12.1. The van der Waals surface area contributed by atoms with Crippen molar-refractivity contribution in [1.29, 1.82) is 0 Å². The lowest BCUT2D eigenvalue weighted by Crippen LogP contribution is -2.38. The lowest BCUT2D eigenvalue weighted by molar-refractivity contribution is -0.166. The second-order valence-corrected chi connectivity index (χ2v) is 6.57. The van der Waals surface area contributed by atoms with E-state index in [2.05, 4.69) is 21.2 Å². The Hall–Kier alpha value is -1.37. The quantitative estimate of drug-likeness (QED) is 0.741. The van der Waals surface area contributed by atoms with Crippen LogP contribution in [-0.2, 0) is 14.3 Å². The van der Waals surface area contributed by atoms with Crippen molar-refractivity contribution >= 4 is 21.8 Å². The average molecular weight is 398 g/mol. The molecule has 0 unspecified atom stereocenters. The number of carbonyl (C=O) groups is 1. The zero-order valence-electron chi connectivity index (χ0n) is 14.0. The Morgan fingerprint density at radius 3 is 2.67 bits per heavy atom. The fourth-order valence-corrected chi connectivity index (χ4v) is 3.22. The van der Waals surface area contributed by atoms with Crippen LogP contribution in [0.5, 0.6) is 0 Å². The Balaban J connectivity index is 2.39. The van der Waals surface area contributed by atoms with E-state index in [0.29, 0.717) is 13.0 Å². The zero-order valence-corrected chi connectivity index (χ0v) is 15.6. The number of carbonyl (C=O) groups excluding carboxylic acids is 1. The molecule has 0 radical (unpaired) electrons. The highest BCUT2D eigenvalue weighted by molar-refractivity contribution is 9.10. The molecule has 0 fully saturated rings. The van der Waals surface area contributed by atoms with Crippen LogP contribution >= 0.6 is 15.9 Å². The van der Waals surface area contributed by atoms with Crippen LogP contribution < -0.4 is 5.32 Å². The van der Waals surface area contributed by atoms with E-state index >= 15 is 0 Å². The molecular weight excluding hydrogens is 374 g/mol. The van der Waals surface area contributed by atoms with Crippen molar-refractivity contribution in [3.8, 4) is 0 Å². The lowest BCUT2D eigenvalue weighted by atomic mass is 9.80. The highest BCUT2D eigenvalue weighted by Crippen LogP contribution is 2.39. The van der Waals surface area contributed by atoms with Crippen molar-refractivity contribution < 1.29 is 19.4 Å². The Labute approximate surface area is 151 Å². The number of hydrogen-bond acceptors (Lipinski definition) is 4. The third-order valence-corrected chi connectivity index (χ3v) is 4.65. The van der Waals surface area contributed by atoms with Gasteiger partial charge in [0.05, 0.1) is 0 Å². The van der Waals surface area contributed by atoms with Crippen LogP contribution in [0.2, 0.25) is 0 Å². The van der Waals surface area contributed by atoms with Gasteiger partial charge in [0.15, 0.2) is 5.76 Å². The van der Waals surface area contributed by atoms with E-state index in [0.717, 1.165) is 16.5 Å². The minimum atomic E-state index is -0.507. The Bertz CT molecular complexity index is 573. The maximum Gasteiger partial charge on any atom is 0.285 e. The number of likely N-dealkylation sites (N-methyl/N-ethyl adjacent to an activating group) is 1. The number of allylic oxidation sites excluding steroid dienone is 1. The second kappa shape index (κ2) is 9.20. The first-order valence-electron chi connectivity index (χ1n) is 8.19. The highest BCUT2D eigenvalue weighted by atomic mass is 79.9. The van der Waals surface area contributed by atoms with Crippen molar-refractivity contribution in [2.45, 2.75) is 32.0 Å². The number of benzene rings is 1. The Morgan fingerprint density at radius 1 is 1.38 bits per heavy atom. The molecule has 1 aliphatic rings. The monoisotopic (exact) mass is 397 g/mol. The molecule has 1 aromatic carbocycles. The number of hydrogen-bond donors (Lipinski definition) is 2. The summed E-state index contributed by atoms with van der Waals surface area (Å²) in [6, 6.07) is 8.04. The van der Waals surface area contributed by atoms with E-state index in [9.17, 15) is 9.90 Å². The van der Waals surface area contributed by atoms with E-state index in [1.807, 2.05) is 37.3 Å². The molecule has 2 rings (SSSR count). The van der Waals surface area contributed by atoms with E-state index in [1.54, 1.807) is 7.05 Å². The van der Waals surface area contributed by atoms with Gasteiger partial charge in [-0.05, 0) is 43.5 Å². The van der Waals surface area contributed by atoms with Crippen molar-refractivity contribution in [3.05, 3.63) is 46.1 Å². The van der Waals surface area contributed by atoms with Crippen LogP contribution in [0, 0.1) is 5.92 Å². The number of halogens is 1. The maximum atomic E-state index is 12.1. The molecule has 2 N–H and O–H groups in total. The minimum absolute atomic E-state index is 0.0118. The normalized spacial score (nSPS) is 23.3. The summed E-state index contributed by atoms with van der Waals surface area (Å²) >= 11 is 3.45. The van der Waals surface area contributed by atoms with Crippen molar-refractivity contribution in [3.63, 3.8) is 0 Å². The average Bonchev–Trinajstić information content (AvgIpc) is 2.60. The van der Waals surface area contributed by atoms with Crippen LogP contribution in [-0.4, -0.2) is 37.6 Å². The molecule has 1 heterocycles. The first kappa shape index (κ1) is 19.0. The summed E-state index contributed by atoms with van der Waals surface area (Å²) in [5.41, 5.74) is 1.09. The molecule has 5 nitrogen and oxygen atoms in total. The first-order valence-corrected chi connectivity index (χ1v) is 8.98. The second-order valence-electron chi connectivity index (χ2n) is 5.66. The van der Waals surface area contributed by atoms with Crippen LogP contribution in [0.3, 0.4) is 0 Å². The molecule has 6 heteroatoms. The first-order chi connectivity index (χ1) is 11.6. The summed E-state index contributed by atoms with van der Waals surface area (Å²) in [6.07, 6.45) is 2.76. The Morgan fingerprint density at radius 2 is 2.08 bits per heavy atom. The van der Waals surface area contributed by atoms with Crippen LogP contribution in [0.15, 0.2) is 40.6 Å². The summed E-state index contributed by atoms with van der Waals surface area (Å²) in [5.74, 6) is 0.0421. The molecule has 0 bridgehead atoms. The van der Waals surface area contributed by atoms with Gasteiger partial charge in [-0.2, -0.15) is 0 Å². The van der Waals surface area contributed by atoms with Gasteiger partial charge in [-0.1, -0.05) is 28.1 Å². The van der Waals surface area contributed by atoms with Gasteiger partial charge in [0.25, 0.3) is 5.91 Å². The molecule has 24 heavy (non-hydrogen) atoms. The molecule has 132 valence electrons. The van der Waals surface area contributed by atoms with Crippen LogP contribution in [0.4, 0.5) is 0 Å². The third kappa shape index (κ3) is 4.59. The zero-order chi connectivity index (χ0) is 17.5. The summed E-state index contributed by atoms with van der Waals surface area (Å²) in [4.78, 5) is 12.1. The summed E-state index contributed by atoms with van der Waals surface area (Å²) in [7, 11) is 1.58. The predicted molar refractivity (Wildman–Crippen MR) is 95.3 cm³/mol. The number of nitrogens with one attached hydrogen (secondary N) is 1. The number of rotatable bonds is 7. The molecule has 0 spiro atoms. The van der Waals surface area contributed by atoms with Crippen molar-refractivity contribution in [2.24, 2.45) is 5.92 Å². The van der Waals surface area contributed by atoms with Crippen LogP contribution in [0.1, 0.15) is 31.2 Å². The SMILES string of the molecule is CCO[C@H]1OC(C(=O)NC)=C[C@@H](c2ccc(Br)cc2)[C@@H]1CCCO. The van der Waals surface area contributed by atoms with Gasteiger partial charge >= 0.3 is 0 Å². The summed E-state index contributed by atoms with van der Waals surface area (Å²) in [6.45, 7) is 2.52. The van der Waals surface area contributed by atoms with E-state index < -0.39 is 6.29 Å². The molecule has 0 saturated heterocycles. The molecular formula is C18H24BrNO4. The minimum Gasteiger partial charge on any atom is -0.459 e. The number of aliphatic hydroxyl groups is 1. The smallest absolute Gasteiger partial charge is 0.285 e. The van der Waals surface area contributed by atoms with Gasteiger partial charge in [0, 0.05) is 36.6 Å². The van der Waals surface area contributed by atoms with Gasteiger partial charge in [-0.3, -0.25) is 4.79 Å². The van der Waals surface area contributed by atoms with Crippen molar-refractivity contribution in [2.75, 3.05) is 20.3 Å². The molecule has 0 saturated carbocycles. The summed E-state index contributed by atoms with van der Waals surface area (Å²) < 4.78 is 12.6. The van der Waals surface area contributed by atoms with Crippen molar-refractivity contribution in [1.82, 2.24) is 5.32 Å². The molecule has 1 aliphatic heterocycles.